The molecule has 0 aliphatic carbocycles. The van der Waals surface area contributed by atoms with Crippen molar-refractivity contribution in [3.8, 4) is 5.75 Å². The van der Waals surface area contributed by atoms with Crippen molar-refractivity contribution in [2.45, 2.75) is 13.3 Å². The van der Waals surface area contributed by atoms with Crippen LogP contribution >= 0.6 is 0 Å². The predicted molar refractivity (Wildman–Crippen MR) is 91.7 cm³/mol. The maximum Gasteiger partial charge on any atom is 0.119 e. The number of nitrogens with zero attached hydrogens (tertiary/aromatic N) is 3. The number of hydrogen-bond acceptors (Lipinski definition) is 5. The lowest BCUT2D eigenvalue weighted by molar-refractivity contribution is 0.415. The second-order valence-corrected chi connectivity index (χ2v) is 5.28. The summed E-state index contributed by atoms with van der Waals surface area (Å²) in [5, 5.41) is 4.97. The van der Waals surface area contributed by atoms with E-state index in [0.29, 0.717) is 12.1 Å². The van der Waals surface area contributed by atoms with E-state index in [1.54, 1.807) is 13.3 Å². The summed E-state index contributed by atoms with van der Waals surface area (Å²) in [6.07, 6.45) is 2.27. The van der Waals surface area contributed by atoms with Gasteiger partial charge in [0.1, 0.15) is 5.75 Å². The van der Waals surface area contributed by atoms with Gasteiger partial charge in [0.2, 0.25) is 0 Å². The van der Waals surface area contributed by atoms with Crippen molar-refractivity contribution in [3.05, 3.63) is 65.6 Å². The van der Waals surface area contributed by atoms with Crippen molar-refractivity contribution in [1.29, 1.82) is 0 Å². The van der Waals surface area contributed by atoms with Crippen molar-refractivity contribution in [2.75, 3.05) is 7.11 Å². The number of fused-ring (bicyclic) bond motifs is 1. The van der Waals surface area contributed by atoms with Crippen LogP contribution in [0.1, 0.15) is 17.0 Å². The molecule has 5 heteroatoms. The number of methoxy groups -OCH3 is 1. The summed E-state index contributed by atoms with van der Waals surface area (Å²) < 4.78 is 5.28. The average Bonchev–Trinajstić information content (AvgIpc) is 2.60. The lowest BCUT2D eigenvalue weighted by Crippen LogP contribution is -2.11. The number of hydrazone groups is 1. The molecular formula is C18H18N4O. The predicted octanol–water partition coefficient (Wildman–Crippen LogP) is 2.85. The molecule has 116 valence electrons. The van der Waals surface area contributed by atoms with Crippen LogP contribution < -0.4 is 10.6 Å². The number of pyridine rings is 2. The van der Waals surface area contributed by atoms with Gasteiger partial charge in [0.15, 0.2) is 0 Å². The number of nitrogens with two attached hydrogens (primary N) is 1. The van der Waals surface area contributed by atoms with Gasteiger partial charge in [-0.15, -0.1) is 0 Å². The molecule has 0 bridgehead atoms. The Balaban J connectivity index is 1.97. The lowest BCUT2D eigenvalue weighted by atomic mass is 10.0. The summed E-state index contributed by atoms with van der Waals surface area (Å²) in [6.45, 7) is 2.06. The van der Waals surface area contributed by atoms with Gasteiger partial charge in [-0.05, 0) is 48.9 Å². The fourth-order valence-electron chi connectivity index (χ4n) is 2.57. The van der Waals surface area contributed by atoms with Gasteiger partial charge in [-0.25, -0.2) is 0 Å². The maximum atomic E-state index is 5.54. The van der Waals surface area contributed by atoms with Crippen molar-refractivity contribution < 1.29 is 4.74 Å². The van der Waals surface area contributed by atoms with Crippen molar-refractivity contribution in [2.24, 2.45) is 10.9 Å². The molecule has 2 aromatic heterocycles. The first-order chi connectivity index (χ1) is 11.2. The van der Waals surface area contributed by atoms with Crippen LogP contribution in [0.25, 0.3) is 10.9 Å². The number of aromatic nitrogens is 2. The Bertz CT molecular complexity index is 860. The van der Waals surface area contributed by atoms with Gasteiger partial charge < -0.3 is 10.6 Å². The van der Waals surface area contributed by atoms with Gasteiger partial charge in [0, 0.05) is 23.7 Å². The minimum atomic E-state index is 0.538. The zero-order valence-electron chi connectivity index (χ0n) is 13.2. The summed E-state index contributed by atoms with van der Waals surface area (Å²) >= 11 is 0. The van der Waals surface area contributed by atoms with Crippen molar-refractivity contribution in [1.82, 2.24) is 9.97 Å². The Labute approximate surface area is 134 Å². The van der Waals surface area contributed by atoms with Crippen molar-refractivity contribution in [3.63, 3.8) is 0 Å². The van der Waals surface area contributed by atoms with E-state index >= 15 is 0 Å². The summed E-state index contributed by atoms with van der Waals surface area (Å²) in [7, 11) is 1.66. The van der Waals surface area contributed by atoms with E-state index in [9.17, 15) is 0 Å². The number of ether oxygens (including phenoxy) is 1. The largest absolute Gasteiger partial charge is 0.497 e. The number of rotatable bonds is 4. The Morgan fingerprint density at radius 3 is 2.78 bits per heavy atom. The molecule has 0 unspecified atom stereocenters. The molecule has 0 radical (unpaired) electrons. The molecule has 2 N–H and O–H groups in total. The monoisotopic (exact) mass is 306 g/mol. The molecule has 2 heterocycles. The van der Waals surface area contributed by atoms with E-state index in [1.807, 2.05) is 36.4 Å². The minimum Gasteiger partial charge on any atom is -0.497 e. The van der Waals surface area contributed by atoms with Gasteiger partial charge >= 0.3 is 0 Å². The summed E-state index contributed by atoms with van der Waals surface area (Å²) in [5.74, 6) is 6.37. The molecule has 0 amide bonds. The van der Waals surface area contributed by atoms with E-state index in [2.05, 4.69) is 23.1 Å². The molecule has 0 aliphatic rings. The second kappa shape index (κ2) is 6.44. The highest BCUT2D eigenvalue weighted by atomic mass is 16.5. The van der Waals surface area contributed by atoms with Gasteiger partial charge in [-0.2, -0.15) is 5.10 Å². The lowest BCUT2D eigenvalue weighted by Gasteiger charge is -2.09. The highest BCUT2D eigenvalue weighted by molar-refractivity contribution is 6.00. The van der Waals surface area contributed by atoms with Crippen LogP contribution in [0.2, 0.25) is 0 Å². The fourth-order valence-corrected chi connectivity index (χ4v) is 2.57. The quantitative estimate of drug-likeness (QED) is 0.457. The van der Waals surface area contributed by atoms with E-state index in [1.165, 1.54) is 0 Å². The summed E-state index contributed by atoms with van der Waals surface area (Å²) in [4.78, 5) is 9.00. The molecule has 0 fully saturated rings. The molecule has 0 atom stereocenters. The zero-order valence-corrected chi connectivity index (χ0v) is 13.2. The van der Waals surface area contributed by atoms with Crippen LogP contribution in [0.5, 0.6) is 5.75 Å². The minimum absolute atomic E-state index is 0.538. The average molecular weight is 306 g/mol. The van der Waals surface area contributed by atoms with E-state index in [-0.39, 0.29) is 0 Å². The number of aryl methyl sites for hydroxylation is 1. The molecule has 0 saturated heterocycles. The Kier molecular flexibility index (Phi) is 4.19. The second-order valence-electron chi connectivity index (χ2n) is 5.28. The smallest absolute Gasteiger partial charge is 0.119 e. The molecular weight excluding hydrogens is 288 g/mol. The topological polar surface area (TPSA) is 73.4 Å². The normalized spacial score (nSPS) is 11.7. The molecule has 23 heavy (non-hydrogen) atoms. The maximum absolute atomic E-state index is 5.54. The van der Waals surface area contributed by atoms with Crippen LogP contribution in [0.15, 0.2) is 53.8 Å². The van der Waals surface area contributed by atoms with Gasteiger partial charge in [0.05, 0.1) is 24.0 Å². The van der Waals surface area contributed by atoms with Crippen LogP contribution in [-0.2, 0) is 6.42 Å². The van der Waals surface area contributed by atoms with Crippen LogP contribution in [0.4, 0.5) is 0 Å². The third kappa shape index (κ3) is 3.13. The molecule has 1 aromatic carbocycles. The Morgan fingerprint density at radius 1 is 1.22 bits per heavy atom. The molecule has 3 rings (SSSR count). The summed E-state index contributed by atoms with van der Waals surface area (Å²) in [6, 6.07) is 13.6. The first kappa shape index (κ1) is 15.0. The standard InChI is InChI=1S/C18H18N4O/c1-12-9-13(10-18(22-19)17-5-3-4-8-20-17)21-16-7-6-14(23-2)11-15(12)16/h3-9,11H,10,19H2,1-2H3/b22-18-. The van der Waals surface area contributed by atoms with Crippen molar-refractivity contribution >= 4 is 16.6 Å². The van der Waals surface area contributed by atoms with Crippen LogP contribution in [0, 0.1) is 6.92 Å². The Morgan fingerprint density at radius 2 is 2.09 bits per heavy atom. The SMILES string of the molecule is COc1ccc2nc(C/C(=N/N)c3ccccn3)cc(C)c2c1. The number of hydrogen-bond donors (Lipinski definition) is 1. The molecule has 3 aromatic rings. The molecule has 0 aliphatic heterocycles. The van der Waals surface area contributed by atoms with E-state index in [0.717, 1.165) is 33.6 Å². The van der Waals surface area contributed by atoms with Crippen LogP contribution in [0.3, 0.4) is 0 Å². The third-order valence-electron chi connectivity index (χ3n) is 3.74. The third-order valence-corrected chi connectivity index (χ3v) is 3.74. The number of benzene rings is 1. The van der Waals surface area contributed by atoms with E-state index in [4.69, 9.17) is 15.6 Å². The first-order valence-corrected chi connectivity index (χ1v) is 7.33. The Hall–Kier alpha value is -2.95. The molecule has 0 spiro atoms. The van der Waals surface area contributed by atoms with Gasteiger partial charge in [-0.1, -0.05) is 6.07 Å². The highest BCUT2D eigenvalue weighted by Gasteiger charge is 2.10. The molecule has 5 nitrogen and oxygen atoms in total. The molecule has 0 saturated carbocycles. The van der Waals surface area contributed by atoms with E-state index < -0.39 is 0 Å². The fraction of sp³-hybridized carbons (Fsp3) is 0.167. The van der Waals surface area contributed by atoms with Gasteiger partial charge in [0.25, 0.3) is 0 Å². The van der Waals surface area contributed by atoms with Gasteiger partial charge in [-0.3, -0.25) is 9.97 Å². The first-order valence-electron chi connectivity index (χ1n) is 7.33. The highest BCUT2D eigenvalue weighted by Crippen LogP contribution is 2.23. The van der Waals surface area contributed by atoms with Crippen LogP contribution in [-0.4, -0.2) is 22.8 Å². The zero-order chi connectivity index (χ0) is 16.2. The summed E-state index contributed by atoms with van der Waals surface area (Å²) in [5.41, 5.74) is 4.46.